The largest absolute Gasteiger partial charge is 0.449 e. The van der Waals surface area contributed by atoms with E-state index in [1.807, 2.05) is 55.0 Å². The highest BCUT2D eigenvalue weighted by Crippen LogP contribution is 2.45. The maximum absolute atomic E-state index is 13.9. The summed E-state index contributed by atoms with van der Waals surface area (Å²) in [4.78, 5) is 32.3. The number of carbonyl (C=O) groups excluding carboxylic acids is 2. The van der Waals surface area contributed by atoms with Crippen LogP contribution in [0.25, 0.3) is 11.1 Å². The fourth-order valence-electron chi connectivity index (χ4n) is 8.08. The van der Waals surface area contributed by atoms with E-state index in [0.717, 1.165) is 58.2 Å². The fourth-order valence-corrected chi connectivity index (χ4v) is 8.08. The molecule has 1 aromatic heterocycles. The van der Waals surface area contributed by atoms with Gasteiger partial charge in [0.2, 0.25) is 5.91 Å². The van der Waals surface area contributed by atoms with E-state index in [4.69, 9.17) is 9.72 Å². The van der Waals surface area contributed by atoms with Gasteiger partial charge in [0, 0.05) is 25.1 Å². The zero-order valence-electron chi connectivity index (χ0n) is 31.6. The summed E-state index contributed by atoms with van der Waals surface area (Å²) in [5, 5.41) is 6.02. The minimum atomic E-state index is -0.890. The molecule has 0 bridgehead atoms. The van der Waals surface area contributed by atoms with Crippen LogP contribution in [0, 0.1) is 0 Å². The Bertz CT molecular complexity index is 2010. The molecular formula is C48H50N4O3. The van der Waals surface area contributed by atoms with Gasteiger partial charge in [-0.15, -0.1) is 0 Å². The van der Waals surface area contributed by atoms with Crippen molar-refractivity contribution in [3.63, 3.8) is 0 Å². The second-order valence-electron chi connectivity index (χ2n) is 14.4. The van der Waals surface area contributed by atoms with Crippen molar-refractivity contribution in [1.29, 1.82) is 0 Å². The van der Waals surface area contributed by atoms with Gasteiger partial charge in [-0.1, -0.05) is 179 Å². The number of ether oxygens (including phenoxy) is 1. The van der Waals surface area contributed by atoms with Gasteiger partial charge in [-0.25, -0.2) is 9.78 Å². The molecule has 1 atom stereocenters. The fraction of sp³-hybridized carbons (Fsp3) is 0.271. The third kappa shape index (κ3) is 8.26. The molecule has 7 rings (SSSR count). The second kappa shape index (κ2) is 17.9. The van der Waals surface area contributed by atoms with Crippen molar-refractivity contribution < 1.29 is 14.3 Å². The topological polar surface area (TPSA) is 85.3 Å². The molecular weight excluding hydrogens is 681 g/mol. The van der Waals surface area contributed by atoms with Gasteiger partial charge in [0.05, 0.1) is 12.0 Å². The Morgan fingerprint density at radius 2 is 1.20 bits per heavy atom. The molecule has 0 aliphatic heterocycles. The van der Waals surface area contributed by atoms with Crippen LogP contribution in [0.15, 0.2) is 152 Å². The Balaban J connectivity index is 1.14. The van der Waals surface area contributed by atoms with Gasteiger partial charge in [-0.2, -0.15) is 0 Å². The Morgan fingerprint density at radius 3 is 1.76 bits per heavy atom. The summed E-state index contributed by atoms with van der Waals surface area (Å²) in [5.41, 5.74) is 7.72. The molecule has 0 saturated carbocycles. The maximum Gasteiger partial charge on any atom is 0.407 e. The first-order chi connectivity index (χ1) is 27.1. The van der Waals surface area contributed by atoms with Gasteiger partial charge < -0.3 is 19.9 Å². The summed E-state index contributed by atoms with van der Waals surface area (Å²) in [6.45, 7) is 2.91. The molecule has 6 aromatic rings. The Morgan fingerprint density at radius 1 is 0.691 bits per heavy atom. The standard InChI is InChI=1S/C48H50N4O3/c1-2-3-4-5-6-20-31-49-46(53)45(51-47(54)55-34-44-42-29-18-16-27-40(42)41-28-17-19-30-43(41)44)32-39-33-52(35-50-39)48(36-21-10-7-11-22-36,37-23-12-8-13-24-37)38-25-14-9-15-26-38/h7-19,21-30,33,35,44-45H,2-6,20,31-32,34H2,1H3,(H,49,53)(H,51,54)/t45-/m0/s1. The number of hydrogen-bond acceptors (Lipinski definition) is 4. The van der Waals surface area contributed by atoms with E-state index < -0.39 is 17.7 Å². The van der Waals surface area contributed by atoms with Crippen LogP contribution in [0.2, 0.25) is 0 Å². The summed E-state index contributed by atoms with van der Waals surface area (Å²) in [6, 6.07) is 46.8. The van der Waals surface area contributed by atoms with Crippen molar-refractivity contribution >= 4 is 12.0 Å². The number of aromatic nitrogens is 2. The lowest BCUT2D eigenvalue weighted by atomic mass is 9.77. The van der Waals surface area contributed by atoms with Gasteiger partial charge in [0.1, 0.15) is 18.2 Å². The average Bonchev–Trinajstić information content (AvgIpc) is 3.83. The SMILES string of the molecule is CCCCCCCCNC(=O)[C@H](Cc1cn(C(c2ccccc2)(c2ccccc2)c2ccccc2)cn1)NC(=O)OCC1c2ccccc2-c2ccccc21. The van der Waals surface area contributed by atoms with Crippen LogP contribution in [0.5, 0.6) is 0 Å². The van der Waals surface area contributed by atoms with Gasteiger partial charge in [0.15, 0.2) is 0 Å². The van der Waals surface area contributed by atoms with Crippen molar-refractivity contribution in [2.24, 2.45) is 0 Å². The molecule has 2 N–H and O–H groups in total. The third-order valence-electron chi connectivity index (χ3n) is 10.8. The van der Waals surface area contributed by atoms with Crippen LogP contribution in [-0.4, -0.2) is 40.7 Å². The number of alkyl carbamates (subject to hydrolysis) is 1. The Hall–Kier alpha value is -5.95. The number of benzene rings is 5. The molecule has 1 aliphatic carbocycles. The van der Waals surface area contributed by atoms with E-state index in [1.54, 1.807) is 0 Å². The predicted molar refractivity (Wildman–Crippen MR) is 219 cm³/mol. The van der Waals surface area contributed by atoms with E-state index in [0.29, 0.717) is 12.2 Å². The molecule has 2 amide bonds. The van der Waals surface area contributed by atoms with Crippen LogP contribution in [0.1, 0.15) is 84.9 Å². The molecule has 280 valence electrons. The Labute approximate surface area is 324 Å². The van der Waals surface area contributed by atoms with Crippen LogP contribution < -0.4 is 10.6 Å². The number of hydrogen-bond donors (Lipinski definition) is 2. The highest BCUT2D eigenvalue weighted by Gasteiger charge is 2.39. The Kier molecular flexibility index (Phi) is 12.2. The van der Waals surface area contributed by atoms with Gasteiger partial charge in [-0.3, -0.25) is 4.79 Å². The smallest absolute Gasteiger partial charge is 0.407 e. The monoisotopic (exact) mass is 730 g/mol. The van der Waals surface area contributed by atoms with E-state index in [2.05, 4.69) is 119 Å². The first kappa shape index (κ1) is 37.4. The first-order valence-electron chi connectivity index (χ1n) is 19.7. The van der Waals surface area contributed by atoms with Crippen molar-refractivity contribution in [3.05, 3.63) is 186 Å². The maximum atomic E-state index is 13.9. The summed E-state index contributed by atoms with van der Waals surface area (Å²) < 4.78 is 8.04. The molecule has 0 saturated heterocycles. The molecule has 1 aliphatic rings. The molecule has 5 aromatic carbocycles. The summed E-state index contributed by atoms with van der Waals surface area (Å²) in [5.74, 6) is -0.340. The number of nitrogens with zero attached hydrogens (tertiary/aromatic N) is 2. The van der Waals surface area contributed by atoms with Crippen molar-refractivity contribution in [2.75, 3.05) is 13.2 Å². The van der Waals surface area contributed by atoms with Crippen LogP contribution in [-0.2, 0) is 21.5 Å². The molecule has 7 nitrogen and oxygen atoms in total. The van der Waals surface area contributed by atoms with Gasteiger partial charge in [0.25, 0.3) is 0 Å². The number of amides is 2. The van der Waals surface area contributed by atoms with E-state index >= 15 is 0 Å². The van der Waals surface area contributed by atoms with Gasteiger partial charge >= 0.3 is 6.09 Å². The summed E-state index contributed by atoms with van der Waals surface area (Å²) in [7, 11) is 0. The molecule has 1 heterocycles. The number of unbranched alkanes of at least 4 members (excludes halogenated alkanes) is 5. The van der Waals surface area contributed by atoms with Crippen LogP contribution in [0.3, 0.4) is 0 Å². The van der Waals surface area contributed by atoms with Gasteiger partial charge in [-0.05, 0) is 45.4 Å². The molecule has 7 heteroatoms. The number of imidazole rings is 1. The van der Waals surface area contributed by atoms with Crippen LogP contribution in [0.4, 0.5) is 4.79 Å². The first-order valence-corrected chi connectivity index (χ1v) is 19.7. The number of fused-ring (bicyclic) bond motifs is 3. The lowest BCUT2D eigenvalue weighted by Crippen LogP contribution is -2.48. The average molecular weight is 731 g/mol. The minimum absolute atomic E-state index is 0.0871. The lowest BCUT2D eigenvalue weighted by molar-refractivity contribution is -0.123. The quantitative estimate of drug-likeness (QED) is 0.0723. The van der Waals surface area contributed by atoms with E-state index in [-0.39, 0.29) is 24.9 Å². The van der Waals surface area contributed by atoms with Crippen LogP contribution >= 0.6 is 0 Å². The number of carbonyl (C=O) groups is 2. The molecule has 0 spiro atoms. The minimum Gasteiger partial charge on any atom is -0.449 e. The second-order valence-corrected chi connectivity index (χ2v) is 14.4. The zero-order valence-corrected chi connectivity index (χ0v) is 31.6. The molecule has 0 radical (unpaired) electrons. The lowest BCUT2D eigenvalue weighted by Gasteiger charge is -2.37. The molecule has 0 unspecified atom stereocenters. The summed E-state index contributed by atoms with van der Waals surface area (Å²) >= 11 is 0. The highest BCUT2D eigenvalue weighted by atomic mass is 16.5. The zero-order chi connectivity index (χ0) is 37.9. The number of nitrogens with one attached hydrogen (secondary N) is 2. The molecule has 0 fully saturated rings. The van der Waals surface area contributed by atoms with Crippen molar-refractivity contribution in [2.45, 2.75) is 69.4 Å². The van der Waals surface area contributed by atoms with E-state index in [9.17, 15) is 9.59 Å². The highest BCUT2D eigenvalue weighted by molar-refractivity contribution is 5.86. The predicted octanol–water partition coefficient (Wildman–Crippen LogP) is 9.65. The normalized spacial score (nSPS) is 12.7. The summed E-state index contributed by atoms with van der Waals surface area (Å²) in [6.07, 6.45) is 10.1. The number of rotatable bonds is 17. The molecule has 55 heavy (non-hydrogen) atoms. The van der Waals surface area contributed by atoms with E-state index in [1.165, 1.54) is 19.3 Å². The van der Waals surface area contributed by atoms with Crippen molar-refractivity contribution in [3.8, 4) is 11.1 Å². The third-order valence-corrected chi connectivity index (χ3v) is 10.8. The van der Waals surface area contributed by atoms with Crippen molar-refractivity contribution in [1.82, 2.24) is 20.2 Å².